The summed E-state index contributed by atoms with van der Waals surface area (Å²) in [6.45, 7) is 0.973. The van der Waals surface area contributed by atoms with E-state index in [2.05, 4.69) is 0 Å². The fourth-order valence-electron chi connectivity index (χ4n) is 2.81. The van der Waals surface area contributed by atoms with E-state index in [-0.39, 0.29) is 23.5 Å². The predicted octanol–water partition coefficient (Wildman–Crippen LogP) is 3.59. The zero-order valence-electron chi connectivity index (χ0n) is 12.8. The molecule has 0 radical (unpaired) electrons. The number of piperidine rings is 1. The summed E-state index contributed by atoms with van der Waals surface area (Å²) < 4.78 is 5.67. The first-order valence-corrected chi connectivity index (χ1v) is 8.35. The second-order valence-electron chi connectivity index (χ2n) is 5.73. The molecule has 2 N–H and O–H groups in total. The molecular formula is C17H16Cl2N2O3. The molecule has 7 heteroatoms. The lowest BCUT2D eigenvalue weighted by Gasteiger charge is -2.29. The Morgan fingerprint density at radius 2 is 1.83 bits per heavy atom. The zero-order chi connectivity index (χ0) is 17.3. The minimum absolute atomic E-state index is 0.161. The van der Waals surface area contributed by atoms with Gasteiger partial charge in [-0.1, -0.05) is 29.3 Å². The van der Waals surface area contributed by atoms with Crippen LogP contribution >= 0.6 is 23.2 Å². The van der Waals surface area contributed by atoms with Crippen molar-refractivity contribution < 1.29 is 14.0 Å². The van der Waals surface area contributed by atoms with Crippen LogP contribution < -0.4 is 5.73 Å². The molecule has 0 atom stereocenters. The summed E-state index contributed by atoms with van der Waals surface area (Å²) in [6.07, 6.45) is 1.16. The Bertz CT molecular complexity index is 780. The van der Waals surface area contributed by atoms with Gasteiger partial charge in [-0.25, -0.2) is 0 Å². The lowest BCUT2D eigenvalue weighted by Crippen LogP contribution is -2.41. The fraction of sp³-hybridized carbons (Fsp3) is 0.294. The zero-order valence-corrected chi connectivity index (χ0v) is 14.3. The first kappa shape index (κ1) is 16.9. The van der Waals surface area contributed by atoms with Gasteiger partial charge in [-0.15, -0.1) is 0 Å². The van der Waals surface area contributed by atoms with Crippen molar-refractivity contribution in [3.63, 3.8) is 0 Å². The van der Waals surface area contributed by atoms with E-state index in [0.717, 1.165) is 0 Å². The molecule has 1 fully saturated rings. The number of furan rings is 1. The van der Waals surface area contributed by atoms with Crippen LogP contribution in [0.3, 0.4) is 0 Å². The van der Waals surface area contributed by atoms with Crippen LogP contribution in [0, 0.1) is 5.92 Å². The van der Waals surface area contributed by atoms with E-state index in [4.69, 9.17) is 33.4 Å². The van der Waals surface area contributed by atoms with Crippen LogP contribution in [0.5, 0.6) is 0 Å². The van der Waals surface area contributed by atoms with Crippen molar-refractivity contribution in [2.24, 2.45) is 11.7 Å². The van der Waals surface area contributed by atoms with Crippen molar-refractivity contribution in [1.82, 2.24) is 4.90 Å². The van der Waals surface area contributed by atoms with Crippen LogP contribution in [-0.4, -0.2) is 29.8 Å². The topological polar surface area (TPSA) is 76.5 Å². The molecule has 1 aromatic carbocycles. The van der Waals surface area contributed by atoms with Crippen molar-refractivity contribution in [2.75, 3.05) is 13.1 Å². The number of likely N-dealkylation sites (tertiary alicyclic amines) is 1. The van der Waals surface area contributed by atoms with Gasteiger partial charge in [0.15, 0.2) is 5.76 Å². The maximum atomic E-state index is 12.5. The highest BCUT2D eigenvalue weighted by molar-refractivity contribution is 6.43. The highest BCUT2D eigenvalue weighted by atomic mass is 35.5. The van der Waals surface area contributed by atoms with Gasteiger partial charge in [0.2, 0.25) is 5.91 Å². The number of benzene rings is 1. The van der Waals surface area contributed by atoms with Gasteiger partial charge < -0.3 is 15.1 Å². The number of primary amides is 1. The number of halogens is 2. The van der Waals surface area contributed by atoms with Crippen molar-refractivity contribution in [3.05, 3.63) is 46.1 Å². The summed E-state index contributed by atoms with van der Waals surface area (Å²) in [6, 6.07) is 8.54. The van der Waals surface area contributed by atoms with E-state index in [1.165, 1.54) is 0 Å². The van der Waals surface area contributed by atoms with Gasteiger partial charge in [-0.05, 0) is 37.1 Å². The average Bonchev–Trinajstić information content (AvgIpc) is 3.06. The minimum Gasteiger partial charge on any atom is -0.451 e. The first-order valence-electron chi connectivity index (χ1n) is 7.60. The van der Waals surface area contributed by atoms with Gasteiger partial charge in [0.1, 0.15) is 5.76 Å². The van der Waals surface area contributed by atoms with Crippen molar-refractivity contribution in [3.8, 4) is 11.3 Å². The monoisotopic (exact) mass is 366 g/mol. The molecule has 126 valence electrons. The smallest absolute Gasteiger partial charge is 0.289 e. The van der Waals surface area contributed by atoms with Gasteiger partial charge in [0.05, 0.1) is 10.0 Å². The maximum Gasteiger partial charge on any atom is 0.289 e. The van der Waals surface area contributed by atoms with Crippen LogP contribution in [0.1, 0.15) is 23.4 Å². The number of amides is 2. The lowest BCUT2D eigenvalue weighted by atomic mass is 9.96. The van der Waals surface area contributed by atoms with Gasteiger partial charge in [-0.3, -0.25) is 9.59 Å². The number of hydrogen-bond acceptors (Lipinski definition) is 3. The van der Waals surface area contributed by atoms with Gasteiger partial charge in [-0.2, -0.15) is 0 Å². The summed E-state index contributed by atoms with van der Waals surface area (Å²) >= 11 is 12.2. The van der Waals surface area contributed by atoms with Crippen LogP contribution in [-0.2, 0) is 4.79 Å². The summed E-state index contributed by atoms with van der Waals surface area (Å²) in [4.78, 5) is 25.4. The molecule has 3 rings (SSSR count). The molecule has 0 bridgehead atoms. The van der Waals surface area contributed by atoms with Gasteiger partial charge in [0, 0.05) is 24.6 Å². The minimum atomic E-state index is -0.307. The molecule has 2 heterocycles. The van der Waals surface area contributed by atoms with E-state index in [1.807, 2.05) is 0 Å². The third kappa shape index (κ3) is 3.28. The van der Waals surface area contributed by atoms with E-state index >= 15 is 0 Å². The number of nitrogens with zero attached hydrogens (tertiary/aromatic N) is 1. The summed E-state index contributed by atoms with van der Waals surface area (Å²) in [5.41, 5.74) is 5.94. The summed E-state index contributed by atoms with van der Waals surface area (Å²) in [5, 5.41) is 0.807. The fourth-order valence-corrected chi connectivity index (χ4v) is 3.21. The number of carbonyl (C=O) groups excluding carboxylic acids is 2. The Morgan fingerprint density at radius 3 is 2.50 bits per heavy atom. The van der Waals surface area contributed by atoms with Gasteiger partial charge in [0.25, 0.3) is 5.91 Å². The Kier molecular flexibility index (Phi) is 4.83. The Morgan fingerprint density at radius 1 is 1.12 bits per heavy atom. The molecule has 24 heavy (non-hydrogen) atoms. The second kappa shape index (κ2) is 6.87. The highest BCUT2D eigenvalue weighted by Gasteiger charge is 2.28. The summed E-state index contributed by atoms with van der Waals surface area (Å²) in [7, 11) is 0. The number of rotatable bonds is 3. The molecule has 0 spiro atoms. The van der Waals surface area contributed by atoms with Crippen LogP contribution in [0.25, 0.3) is 11.3 Å². The molecule has 1 aromatic heterocycles. The van der Waals surface area contributed by atoms with E-state index < -0.39 is 0 Å². The Labute approximate surface area is 149 Å². The Hall–Kier alpha value is -1.98. The summed E-state index contributed by atoms with van der Waals surface area (Å²) in [5.74, 6) is 0.0446. The molecule has 1 aliphatic heterocycles. The molecule has 2 aromatic rings. The number of carbonyl (C=O) groups is 2. The molecule has 2 amide bonds. The average molecular weight is 367 g/mol. The highest BCUT2D eigenvalue weighted by Crippen LogP contribution is 2.34. The maximum absolute atomic E-state index is 12.5. The van der Waals surface area contributed by atoms with Crippen LogP contribution in [0.4, 0.5) is 0 Å². The third-order valence-corrected chi connectivity index (χ3v) is 5.04. The molecule has 1 aliphatic rings. The van der Waals surface area contributed by atoms with Gasteiger partial charge >= 0.3 is 0 Å². The predicted molar refractivity (Wildman–Crippen MR) is 92.0 cm³/mol. The third-order valence-electron chi connectivity index (χ3n) is 4.22. The standard InChI is InChI=1S/C17H16Cl2N2O3/c18-12-3-1-2-11(15(12)19)13-4-5-14(24-13)17(23)21-8-6-10(7-9-21)16(20)22/h1-5,10H,6-9H2,(H2,20,22). The van der Waals surface area contributed by atoms with E-state index in [0.29, 0.717) is 47.3 Å². The number of nitrogens with two attached hydrogens (primary N) is 1. The quantitative estimate of drug-likeness (QED) is 0.901. The molecule has 0 saturated carbocycles. The van der Waals surface area contributed by atoms with Crippen molar-refractivity contribution in [2.45, 2.75) is 12.8 Å². The normalized spacial score (nSPS) is 15.5. The second-order valence-corrected chi connectivity index (χ2v) is 6.52. The first-order chi connectivity index (χ1) is 11.5. The molecule has 1 saturated heterocycles. The molecule has 0 unspecified atom stereocenters. The molecular weight excluding hydrogens is 351 g/mol. The van der Waals surface area contributed by atoms with Crippen LogP contribution in [0.15, 0.2) is 34.7 Å². The molecule has 5 nitrogen and oxygen atoms in total. The molecule has 0 aliphatic carbocycles. The largest absolute Gasteiger partial charge is 0.451 e. The lowest BCUT2D eigenvalue weighted by molar-refractivity contribution is -0.123. The van der Waals surface area contributed by atoms with Crippen LogP contribution in [0.2, 0.25) is 10.0 Å². The van der Waals surface area contributed by atoms with E-state index in [9.17, 15) is 9.59 Å². The van der Waals surface area contributed by atoms with Crippen molar-refractivity contribution in [1.29, 1.82) is 0 Å². The number of hydrogen-bond donors (Lipinski definition) is 1. The van der Waals surface area contributed by atoms with Crippen molar-refractivity contribution >= 4 is 35.0 Å². The van der Waals surface area contributed by atoms with E-state index in [1.54, 1.807) is 35.2 Å². The Balaban J connectivity index is 1.75. The SMILES string of the molecule is NC(=O)C1CCN(C(=O)c2ccc(-c3cccc(Cl)c3Cl)o2)CC1.